The Morgan fingerprint density at radius 2 is 1.94 bits per heavy atom. The maximum atomic E-state index is 12.2. The maximum Gasteiger partial charge on any atom is 0.167 e. The van der Waals surface area contributed by atoms with Crippen LogP contribution in [0.1, 0.15) is 21.5 Å². The van der Waals surface area contributed by atoms with Gasteiger partial charge in [-0.05, 0) is 30.2 Å². The number of nitrogen functional groups attached to an aromatic ring is 1. The molecule has 2 N–H and O–H groups in total. The molecule has 0 saturated heterocycles. The van der Waals surface area contributed by atoms with Crippen LogP contribution in [0.25, 0.3) is 0 Å². The van der Waals surface area contributed by atoms with E-state index in [1.54, 1.807) is 6.07 Å². The highest BCUT2D eigenvalue weighted by atomic mass is 79.9. The standard InChI is InChI=1S/C15H14BrNO/c1-10-6-7-12(8-14(10)17)15(18)9-11-4-2-3-5-13(11)16/h2-8H,9,17H2,1H3. The molecule has 0 aliphatic heterocycles. The van der Waals surface area contributed by atoms with Crippen molar-refractivity contribution in [1.29, 1.82) is 0 Å². The van der Waals surface area contributed by atoms with Crippen molar-refractivity contribution in [2.75, 3.05) is 5.73 Å². The Morgan fingerprint density at radius 3 is 2.61 bits per heavy atom. The highest BCUT2D eigenvalue weighted by Crippen LogP contribution is 2.19. The van der Waals surface area contributed by atoms with E-state index in [4.69, 9.17) is 5.73 Å². The van der Waals surface area contributed by atoms with Gasteiger partial charge in [-0.3, -0.25) is 4.79 Å². The van der Waals surface area contributed by atoms with Crippen LogP contribution in [0, 0.1) is 6.92 Å². The van der Waals surface area contributed by atoms with E-state index in [9.17, 15) is 4.79 Å². The number of benzene rings is 2. The van der Waals surface area contributed by atoms with Gasteiger partial charge in [-0.25, -0.2) is 0 Å². The number of halogens is 1. The van der Waals surface area contributed by atoms with Gasteiger partial charge >= 0.3 is 0 Å². The third-order valence-electron chi connectivity index (χ3n) is 2.91. The Balaban J connectivity index is 2.22. The van der Waals surface area contributed by atoms with Crippen LogP contribution in [0.4, 0.5) is 5.69 Å². The second kappa shape index (κ2) is 5.36. The van der Waals surface area contributed by atoms with Gasteiger partial charge < -0.3 is 5.73 Å². The minimum absolute atomic E-state index is 0.0774. The van der Waals surface area contributed by atoms with Crippen molar-refractivity contribution in [2.45, 2.75) is 13.3 Å². The summed E-state index contributed by atoms with van der Waals surface area (Å²) in [6, 6.07) is 13.2. The van der Waals surface area contributed by atoms with Gasteiger partial charge in [0.1, 0.15) is 0 Å². The van der Waals surface area contributed by atoms with Gasteiger partial charge in [0, 0.05) is 22.1 Å². The minimum Gasteiger partial charge on any atom is -0.398 e. The van der Waals surface area contributed by atoms with Crippen molar-refractivity contribution in [3.05, 3.63) is 63.6 Å². The van der Waals surface area contributed by atoms with Crippen LogP contribution < -0.4 is 5.73 Å². The van der Waals surface area contributed by atoms with Gasteiger partial charge in [-0.2, -0.15) is 0 Å². The summed E-state index contributed by atoms with van der Waals surface area (Å²) in [5, 5.41) is 0. The summed E-state index contributed by atoms with van der Waals surface area (Å²) in [6.45, 7) is 1.93. The summed E-state index contributed by atoms with van der Waals surface area (Å²) >= 11 is 3.45. The van der Waals surface area contributed by atoms with E-state index in [0.717, 1.165) is 15.6 Å². The average Bonchev–Trinajstić information content (AvgIpc) is 2.35. The molecule has 2 rings (SSSR count). The van der Waals surface area contributed by atoms with Gasteiger partial charge in [-0.1, -0.05) is 46.3 Å². The Morgan fingerprint density at radius 1 is 1.22 bits per heavy atom. The molecule has 0 unspecified atom stereocenters. The van der Waals surface area contributed by atoms with Crippen LogP contribution in [0.5, 0.6) is 0 Å². The first-order valence-corrected chi connectivity index (χ1v) is 6.50. The van der Waals surface area contributed by atoms with Crippen molar-refractivity contribution < 1.29 is 4.79 Å². The molecule has 0 saturated carbocycles. The Labute approximate surface area is 115 Å². The quantitative estimate of drug-likeness (QED) is 0.693. The third-order valence-corrected chi connectivity index (χ3v) is 3.68. The summed E-state index contributed by atoms with van der Waals surface area (Å²) in [4.78, 5) is 12.2. The molecule has 2 aromatic rings. The lowest BCUT2D eigenvalue weighted by molar-refractivity contribution is 0.0993. The average molecular weight is 304 g/mol. The minimum atomic E-state index is 0.0774. The first kappa shape index (κ1) is 12.8. The van der Waals surface area contributed by atoms with Gasteiger partial charge in [0.05, 0.1) is 0 Å². The molecule has 0 aliphatic rings. The lowest BCUT2D eigenvalue weighted by Gasteiger charge is -2.06. The zero-order chi connectivity index (χ0) is 13.1. The molecule has 0 spiro atoms. The predicted molar refractivity (Wildman–Crippen MR) is 77.8 cm³/mol. The van der Waals surface area contributed by atoms with Crippen LogP contribution in [0.15, 0.2) is 46.9 Å². The summed E-state index contributed by atoms with van der Waals surface area (Å²) in [5.74, 6) is 0.0774. The third kappa shape index (κ3) is 2.79. The second-order valence-corrected chi connectivity index (χ2v) is 5.12. The van der Waals surface area contributed by atoms with Gasteiger partial charge in [0.2, 0.25) is 0 Å². The molecule has 0 aromatic heterocycles. The molecule has 18 heavy (non-hydrogen) atoms. The van der Waals surface area contributed by atoms with E-state index in [-0.39, 0.29) is 5.78 Å². The number of nitrogens with two attached hydrogens (primary N) is 1. The highest BCUT2D eigenvalue weighted by Gasteiger charge is 2.10. The van der Waals surface area contributed by atoms with E-state index in [0.29, 0.717) is 17.7 Å². The predicted octanol–water partition coefficient (Wildman–Crippen LogP) is 3.77. The number of anilines is 1. The lowest BCUT2D eigenvalue weighted by atomic mass is 10.0. The van der Waals surface area contributed by atoms with E-state index in [2.05, 4.69) is 15.9 Å². The fourth-order valence-corrected chi connectivity index (χ4v) is 2.16. The molecule has 0 fully saturated rings. The van der Waals surface area contributed by atoms with E-state index in [1.165, 1.54) is 0 Å². The molecular formula is C15H14BrNO. The molecule has 3 heteroatoms. The number of carbonyl (C=O) groups is 1. The highest BCUT2D eigenvalue weighted by molar-refractivity contribution is 9.10. The van der Waals surface area contributed by atoms with Crippen LogP contribution in [-0.4, -0.2) is 5.78 Å². The molecular weight excluding hydrogens is 290 g/mol. The molecule has 2 nitrogen and oxygen atoms in total. The van der Waals surface area contributed by atoms with Crippen molar-refractivity contribution in [2.24, 2.45) is 0 Å². The Kier molecular flexibility index (Phi) is 3.82. The molecule has 0 amide bonds. The summed E-state index contributed by atoms with van der Waals surface area (Å²) < 4.78 is 0.957. The van der Waals surface area contributed by atoms with Gasteiger partial charge in [0.15, 0.2) is 5.78 Å². The maximum absolute atomic E-state index is 12.2. The number of hydrogen-bond donors (Lipinski definition) is 1. The molecule has 0 atom stereocenters. The van der Waals surface area contributed by atoms with E-state index < -0.39 is 0 Å². The van der Waals surface area contributed by atoms with Crippen molar-refractivity contribution in [3.63, 3.8) is 0 Å². The number of Topliss-reactive ketones (excluding diaryl/α,β-unsaturated/α-hetero) is 1. The topological polar surface area (TPSA) is 43.1 Å². The van der Waals surface area contributed by atoms with Crippen molar-refractivity contribution in [3.8, 4) is 0 Å². The summed E-state index contributed by atoms with van der Waals surface area (Å²) in [5.41, 5.74) is 9.12. The van der Waals surface area contributed by atoms with Crippen molar-refractivity contribution in [1.82, 2.24) is 0 Å². The fraction of sp³-hybridized carbons (Fsp3) is 0.133. The van der Waals surface area contributed by atoms with E-state index in [1.807, 2.05) is 43.3 Å². The number of hydrogen-bond acceptors (Lipinski definition) is 2. The normalized spacial score (nSPS) is 10.3. The number of ketones is 1. The molecule has 0 aliphatic carbocycles. The summed E-state index contributed by atoms with van der Waals surface area (Å²) in [6.07, 6.45) is 0.379. The van der Waals surface area contributed by atoms with E-state index >= 15 is 0 Å². The number of aryl methyl sites for hydroxylation is 1. The first-order valence-electron chi connectivity index (χ1n) is 5.70. The fourth-order valence-electron chi connectivity index (χ4n) is 1.73. The number of carbonyl (C=O) groups excluding carboxylic acids is 1. The lowest BCUT2D eigenvalue weighted by Crippen LogP contribution is -2.05. The van der Waals surface area contributed by atoms with Crippen molar-refractivity contribution >= 4 is 27.4 Å². The number of rotatable bonds is 3. The monoisotopic (exact) mass is 303 g/mol. The zero-order valence-electron chi connectivity index (χ0n) is 10.1. The zero-order valence-corrected chi connectivity index (χ0v) is 11.7. The van der Waals surface area contributed by atoms with Crippen LogP contribution in [-0.2, 0) is 6.42 Å². The molecule has 0 bridgehead atoms. The largest absolute Gasteiger partial charge is 0.398 e. The molecule has 92 valence electrons. The van der Waals surface area contributed by atoms with Gasteiger partial charge in [-0.15, -0.1) is 0 Å². The molecule has 0 heterocycles. The van der Waals surface area contributed by atoms with Crippen LogP contribution >= 0.6 is 15.9 Å². The molecule has 2 aromatic carbocycles. The Hall–Kier alpha value is -1.61. The van der Waals surface area contributed by atoms with Crippen LogP contribution in [0.3, 0.4) is 0 Å². The van der Waals surface area contributed by atoms with Gasteiger partial charge in [0.25, 0.3) is 0 Å². The van der Waals surface area contributed by atoms with Crippen LogP contribution in [0.2, 0.25) is 0 Å². The first-order chi connectivity index (χ1) is 8.58. The SMILES string of the molecule is Cc1ccc(C(=O)Cc2ccccc2Br)cc1N. The smallest absolute Gasteiger partial charge is 0.167 e. The summed E-state index contributed by atoms with van der Waals surface area (Å²) in [7, 11) is 0. The second-order valence-electron chi connectivity index (χ2n) is 4.26. The Bertz CT molecular complexity index is 593. The molecule has 0 radical (unpaired) electrons.